The molecule has 0 spiro atoms. The second-order valence-electron chi connectivity index (χ2n) is 34.0. The minimum atomic E-state index is -1.57. The summed E-state index contributed by atoms with van der Waals surface area (Å²) in [7, 11) is 3.18. The molecule has 123 heavy (non-hydrogen) atoms. The first-order valence-corrected chi connectivity index (χ1v) is 41.0. The van der Waals surface area contributed by atoms with E-state index in [2.05, 4.69) is 63.2 Å². The second kappa shape index (κ2) is 38.9. The summed E-state index contributed by atoms with van der Waals surface area (Å²) in [4.78, 5) is 165. The summed E-state index contributed by atoms with van der Waals surface area (Å²) in [5, 5.41) is 64.2. The number of aliphatic carboxylic acids is 1. The molecule has 0 aliphatic carbocycles. The number of aromatic nitrogens is 6. The van der Waals surface area contributed by atoms with E-state index in [1.165, 1.54) is 25.4 Å². The van der Waals surface area contributed by atoms with Crippen molar-refractivity contribution in [3.8, 4) is 17.2 Å². The number of likely N-dealkylation sites (N-methyl/N-ethyl adjacent to an activating group) is 2. The van der Waals surface area contributed by atoms with Crippen LogP contribution in [-0.4, -0.2) is 190 Å². The van der Waals surface area contributed by atoms with Crippen molar-refractivity contribution in [2.24, 2.45) is 22.7 Å². The molecule has 0 saturated carbocycles. The molecule has 6 aliphatic heterocycles. The van der Waals surface area contributed by atoms with E-state index in [0.717, 1.165) is 33.7 Å². The minimum Gasteiger partial charge on any atom is -0.503 e. The van der Waals surface area contributed by atoms with Gasteiger partial charge in [0, 0.05) is 57.2 Å². The van der Waals surface area contributed by atoms with Crippen LogP contribution in [0.4, 0.5) is 8.78 Å². The van der Waals surface area contributed by atoms with Crippen molar-refractivity contribution in [2.75, 3.05) is 27.2 Å². The molecule has 2 aromatic heterocycles. The number of carbonyl (C=O) groups is 11. The van der Waals surface area contributed by atoms with Crippen LogP contribution < -0.4 is 52.0 Å². The van der Waals surface area contributed by atoms with Crippen LogP contribution in [0.1, 0.15) is 132 Å². The van der Waals surface area contributed by atoms with Crippen LogP contribution in [-0.2, 0) is 98.2 Å². The summed E-state index contributed by atoms with van der Waals surface area (Å²) in [6.07, 6.45) is 1.50. The number of Topliss-reactive ketones (excluding diaryl/α,β-unsaturated/α-hetero) is 1. The quantitative estimate of drug-likeness (QED) is 0.0447. The fourth-order valence-corrected chi connectivity index (χ4v) is 15.7. The van der Waals surface area contributed by atoms with Gasteiger partial charge in [0.1, 0.15) is 78.1 Å². The zero-order chi connectivity index (χ0) is 88.3. The van der Waals surface area contributed by atoms with E-state index in [4.69, 9.17) is 9.47 Å². The van der Waals surface area contributed by atoms with Crippen molar-refractivity contribution in [1.29, 1.82) is 0 Å². The van der Waals surface area contributed by atoms with Gasteiger partial charge in [-0.3, -0.25) is 53.3 Å². The van der Waals surface area contributed by atoms with Gasteiger partial charge in [0.25, 0.3) is 5.91 Å². The maximum atomic E-state index is 15.7. The molecule has 33 heteroatoms. The number of imide groups is 1. The highest BCUT2D eigenvalue weighted by Gasteiger charge is 2.51. The lowest BCUT2D eigenvalue weighted by Crippen LogP contribution is -2.61. The third-order valence-electron chi connectivity index (χ3n) is 22.9. The molecule has 6 aliphatic rings. The number of carbonyl (C=O) groups excluding carboxylic acids is 10. The average molecular weight is 1690 g/mol. The Bertz CT molecular complexity index is 5400. The summed E-state index contributed by atoms with van der Waals surface area (Å²) in [6.45, 7) is 12.8. The number of aromatic hydroxyl groups is 1. The molecule has 8 heterocycles. The van der Waals surface area contributed by atoms with Crippen LogP contribution in [0.5, 0.6) is 17.2 Å². The Morgan fingerprint density at radius 1 is 0.553 bits per heavy atom. The minimum absolute atomic E-state index is 0.0392. The van der Waals surface area contributed by atoms with E-state index in [-0.39, 0.29) is 81.8 Å². The summed E-state index contributed by atoms with van der Waals surface area (Å²) < 4.78 is 44.8. The lowest BCUT2D eigenvalue weighted by atomic mass is 9.84. The Hall–Kier alpha value is -12.9. The number of nitrogens with one attached hydrogen (secondary N) is 8. The van der Waals surface area contributed by atoms with Gasteiger partial charge in [-0.25, -0.2) is 22.9 Å². The van der Waals surface area contributed by atoms with Crippen molar-refractivity contribution in [2.45, 2.75) is 187 Å². The summed E-state index contributed by atoms with van der Waals surface area (Å²) in [5.41, 5.74) is 0.754. The lowest BCUT2D eigenvalue weighted by Gasteiger charge is -2.37. The molecule has 2 saturated heterocycles. The number of fused-ring (bicyclic) bond motifs is 2. The standard InChI is InChI=1S/C90H104F2N16O15/c1-50(93-9)80(112)99-78(89(3,4)5)86(118)105-33-31-71-75(105)84(116)96-69(42-55-20-26-58-16-12-14-18-60(58)37-55)83(115)97-70(88(120)121)41-53-23-29-66(30-24-53)123-49-64-47-108(104-102-64)72-32-34-106(87(119)79(90(6,7)8)100-81(113)51(2)94-10)76(72)85(117)98-74(110)44-61(38-54-19-25-57-15-11-13-17-59(57)36-54)73(109)43-62(82(114)95-45-56-39-67(91)77(111)68(92)40-56)35-52-21-27-65(28-22-52)122-48-63-46-107(71)103-101-63/h11-30,36-37,39-40,46-47,50-51,61-62,69-72,75-76,78-79,93-94,111H,31-35,38,41-45,48-49H2,1-10H3,(H,95,114)(H,96,116)(H,97,115)(H,99,112)(H,100,113)(H,120,121)(H,98,110,117)/t50-,51-,61+,62+,69-,70-,71+,72+,75-,76-,78+,79+/m0/s1. The number of carboxylic acid groups (broad SMARTS) is 1. The van der Waals surface area contributed by atoms with Crippen LogP contribution in [0.3, 0.4) is 0 Å². The molecule has 9 amide bonds. The molecule has 15 rings (SSSR count). The predicted octanol–water partition coefficient (Wildman–Crippen LogP) is 6.76. The van der Waals surface area contributed by atoms with Crippen LogP contribution in [0.25, 0.3) is 21.5 Å². The fourth-order valence-electron chi connectivity index (χ4n) is 15.7. The fraction of sp³-hybridized carbons (Fsp3) is 0.411. The highest BCUT2D eigenvalue weighted by molar-refractivity contribution is 6.03. The van der Waals surface area contributed by atoms with Gasteiger partial charge in [0.15, 0.2) is 17.4 Å². The number of hydrogen-bond acceptors (Lipinski definition) is 20. The number of benzene rings is 7. The third kappa shape index (κ3) is 22.1. The number of ketones is 1. The van der Waals surface area contributed by atoms with Gasteiger partial charge >= 0.3 is 5.97 Å². The summed E-state index contributed by atoms with van der Waals surface area (Å²) >= 11 is 0. The number of ether oxygens (including phenoxy) is 2. The van der Waals surface area contributed by atoms with Crippen LogP contribution in [0.15, 0.2) is 158 Å². The molecule has 12 atom stereocenters. The number of nitrogens with zero attached hydrogens (tertiary/aromatic N) is 8. The largest absolute Gasteiger partial charge is 0.503 e. The molecule has 10 N–H and O–H groups in total. The lowest BCUT2D eigenvalue weighted by molar-refractivity contribution is -0.146. The summed E-state index contributed by atoms with van der Waals surface area (Å²) in [6, 6.07) is 28.8. The van der Waals surface area contributed by atoms with E-state index in [9.17, 15) is 43.0 Å². The first-order chi connectivity index (χ1) is 58.6. The van der Waals surface area contributed by atoms with Gasteiger partial charge < -0.3 is 66.7 Å². The Morgan fingerprint density at radius 3 is 1.49 bits per heavy atom. The highest BCUT2D eigenvalue weighted by atomic mass is 19.1. The van der Waals surface area contributed by atoms with E-state index in [1.54, 1.807) is 136 Å². The highest BCUT2D eigenvalue weighted by Crippen LogP contribution is 2.36. The van der Waals surface area contributed by atoms with Crippen molar-refractivity contribution < 1.29 is 81.2 Å². The first kappa shape index (κ1) is 89.4. The van der Waals surface area contributed by atoms with E-state index in [1.807, 2.05) is 72.8 Å². The maximum absolute atomic E-state index is 15.7. The van der Waals surface area contributed by atoms with Gasteiger partial charge in [0.05, 0.1) is 36.6 Å². The zero-order valence-electron chi connectivity index (χ0n) is 70.2. The molecule has 7 aromatic carbocycles. The Labute approximate surface area is 709 Å². The Kier molecular flexibility index (Phi) is 28.2. The normalized spacial score (nSPS) is 20.9. The third-order valence-corrected chi connectivity index (χ3v) is 22.9. The molecule has 31 nitrogen and oxygen atoms in total. The van der Waals surface area contributed by atoms with E-state index >= 15 is 28.8 Å². The maximum Gasteiger partial charge on any atom is 0.326 e. The van der Waals surface area contributed by atoms with Crippen molar-refractivity contribution in [3.05, 3.63) is 209 Å². The number of halogens is 2. The molecular weight excluding hydrogens is 1580 g/mol. The number of likely N-dealkylation sites (tertiary alicyclic amines) is 2. The second-order valence-corrected chi connectivity index (χ2v) is 34.0. The van der Waals surface area contributed by atoms with Crippen LogP contribution in [0, 0.1) is 34.3 Å². The van der Waals surface area contributed by atoms with Crippen molar-refractivity contribution >= 4 is 86.5 Å². The van der Waals surface area contributed by atoms with Gasteiger partial charge in [-0.15, -0.1) is 10.2 Å². The number of amides is 9. The smallest absolute Gasteiger partial charge is 0.326 e. The number of hydrogen-bond donors (Lipinski definition) is 10. The topological polar surface area (TPSA) is 411 Å². The molecule has 8 bridgehead atoms. The summed E-state index contributed by atoms with van der Waals surface area (Å²) in [5.74, 6) is -14.2. The van der Waals surface area contributed by atoms with Gasteiger partial charge in [-0.05, 0) is 150 Å². The van der Waals surface area contributed by atoms with Crippen LogP contribution >= 0.6 is 0 Å². The number of phenols is 1. The van der Waals surface area contributed by atoms with E-state index < -0.39 is 185 Å². The van der Waals surface area contributed by atoms with Gasteiger partial charge in [-0.1, -0.05) is 161 Å². The molecule has 2 fully saturated rings. The Balaban J connectivity index is 0.905. The zero-order valence-corrected chi connectivity index (χ0v) is 70.2. The molecule has 0 unspecified atom stereocenters. The molecule has 648 valence electrons. The molecule has 0 radical (unpaired) electrons. The predicted molar refractivity (Wildman–Crippen MR) is 448 cm³/mol. The van der Waals surface area contributed by atoms with Crippen LogP contribution in [0.2, 0.25) is 0 Å². The van der Waals surface area contributed by atoms with Crippen molar-refractivity contribution in [3.63, 3.8) is 0 Å². The Morgan fingerprint density at radius 2 is 1.02 bits per heavy atom. The number of phenolic OH excluding ortho intramolecular Hbond substituents is 1. The molecular formula is C90H104F2N16O15. The van der Waals surface area contributed by atoms with Gasteiger partial charge in [0.2, 0.25) is 47.3 Å². The van der Waals surface area contributed by atoms with Gasteiger partial charge in [-0.2, -0.15) is 0 Å². The first-order valence-electron chi connectivity index (χ1n) is 41.0. The monoisotopic (exact) mass is 1690 g/mol. The SMILES string of the molecule is CN[C@@H](C)C(=O)N[C@H](C(=O)N1CC[C@@H]2[C@H]1C(=O)NC(=O)C[C@@H](Cc1ccc3ccccc3c1)C(=O)C[C@H](C(=O)NCc1cc(F)c(O)c(F)c1)Cc1ccc(cc1)OCc1cn(nn1)[C@@H]1CCN(C(=O)[C@@H](NC(=O)[C@H](C)NC)C(C)(C)C)[C@@H]1C(=O)N[C@@H](Cc1ccc3ccccc3c1)C(=O)N[C@H](C(=O)O)Cc1ccc(cc1)OCc1cn2nn1)C(C)(C)C. The average Bonchev–Trinajstić information content (AvgIpc) is 1.64. The number of rotatable bonds is 16. The van der Waals surface area contributed by atoms with E-state index in [0.29, 0.717) is 33.8 Å². The van der Waals surface area contributed by atoms with Crippen molar-refractivity contribution in [1.82, 2.24) is 82.3 Å². The number of carboxylic acids is 1. The molecule has 9 aromatic rings.